The van der Waals surface area contributed by atoms with Crippen molar-refractivity contribution >= 4 is 43.2 Å². The molecule has 1 fully saturated rings. The molecule has 0 unspecified atom stereocenters. The Morgan fingerprint density at radius 2 is 1.86 bits per heavy atom. The summed E-state index contributed by atoms with van der Waals surface area (Å²) in [4.78, 5) is 12.7. The highest BCUT2D eigenvalue weighted by molar-refractivity contribution is 9.10. The number of carbonyl (C=O) groups excluding carboxylic acids is 1. The highest BCUT2D eigenvalue weighted by atomic mass is 79.9. The van der Waals surface area contributed by atoms with Crippen LogP contribution in [-0.2, 0) is 19.6 Å². The number of amides is 1. The minimum atomic E-state index is -3.62. The van der Waals surface area contributed by atoms with Crippen molar-refractivity contribution in [2.75, 3.05) is 36.9 Å². The minimum Gasteiger partial charge on any atom is -0.379 e. The molecule has 0 bridgehead atoms. The lowest BCUT2D eigenvalue weighted by Gasteiger charge is -2.26. The number of halogens is 1. The molecule has 0 aromatic heterocycles. The zero-order valence-corrected chi connectivity index (χ0v) is 18.7. The van der Waals surface area contributed by atoms with Crippen LogP contribution >= 0.6 is 15.9 Å². The maximum Gasteiger partial charge on any atom is 0.246 e. The Morgan fingerprint density at radius 1 is 1.14 bits per heavy atom. The van der Waals surface area contributed by atoms with Gasteiger partial charge in [0.1, 0.15) is 6.04 Å². The zero-order chi connectivity index (χ0) is 21.0. The van der Waals surface area contributed by atoms with E-state index in [9.17, 15) is 13.2 Å². The molecule has 0 saturated carbocycles. The number of anilines is 2. The first-order valence-electron chi connectivity index (χ1n) is 9.29. The smallest absolute Gasteiger partial charge is 0.246 e. The highest BCUT2D eigenvalue weighted by Crippen LogP contribution is 2.22. The Hall–Kier alpha value is -1.94. The molecule has 2 aromatic rings. The standard InChI is InChI=1S/C20H24BrN3O4S/c1-14-12-17(6-7-19(14)21)22-15(2)20(25)23-16-4-3-5-18(13-16)29(26,27)24-8-10-28-11-9-24/h3-7,12-13,15,22H,8-11H2,1-2H3,(H,23,25)/t15-/m1/s1. The van der Waals surface area contributed by atoms with Crippen LogP contribution in [0.5, 0.6) is 0 Å². The Labute approximate surface area is 179 Å². The molecule has 1 atom stereocenters. The van der Waals surface area contributed by atoms with E-state index in [1.807, 2.05) is 25.1 Å². The molecule has 1 saturated heterocycles. The second-order valence-corrected chi connectivity index (χ2v) is 9.66. The summed E-state index contributed by atoms with van der Waals surface area (Å²) in [6, 6.07) is 11.6. The van der Waals surface area contributed by atoms with Gasteiger partial charge in [-0.3, -0.25) is 4.79 Å². The first-order valence-corrected chi connectivity index (χ1v) is 11.5. The Morgan fingerprint density at radius 3 is 2.55 bits per heavy atom. The third-order valence-electron chi connectivity index (χ3n) is 4.64. The second kappa shape index (κ2) is 9.25. The summed E-state index contributed by atoms with van der Waals surface area (Å²) in [6.07, 6.45) is 0. The van der Waals surface area contributed by atoms with Crippen molar-refractivity contribution in [2.24, 2.45) is 0 Å². The second-order valence-electron chi connectivity index (χ2n) is 6.86. The maximum atomic E-state index is 12.8. The first-order chi connectivity index (χ1) is 13.8. The predicted octanol–water partition coefficient (Wildman–Crippen LogP) is 3.22. The monoisotopic (exact) mass is 481 g/mol. The highest BCUT2D eigenvalue weighted by Gasteiger charge is 2.26. The van der Waals surface area contributed by atoms with Crippen molar-refractivity contribution in [3.63, 3.8) is 0 Å². The summed E-state index contributed by atoms with van der Waals surface area (Å²) in [5.41, 5.74) is 2.32. The van der Waals surface area contributed by atoms with E-state index >= 15 is 0 Å². The van der Waals surface area contributed by atoms with Crippen LogP contribution in [0.2, 0.25) is 0 Å². The molecular weight excluding hydrogens is 458 g/mol. The van der Waals surface area contributed by atoms with Crippen molar-refractivity contribution in [3.8, 4) is 0 Å². The van der Waals surface area contributed by atoms with Gasteiger partial charge in [-0.1, -0.05) is 22.0 Å². The van der Waals surface area contributed by atoms with Gasteiger partial charge < -0.3 is 15.4 Å². The van der Waals surface area contributed by atoms with Crippen LogP contribution in [0.3, 0.4) is 0 Å². The molecule has 1 amide bonds. The third-order valence-corrected chi connectivity index (χ3v) is 7.43. The van der Waals surface area contributed by atoms with Gasteiger partial charge in [0, 0.05) is 28.9 Å². The number of ether oxygens (including phenoxy) is 1. The first kappa shape index (κ1) is 21.8. The maximum absolute atomic E-state index is 12.8. The molecule has 29 heavy (non-hydrogen) atoms. The van der Waals surface area contributed by atoms with Gasteiger partial charge in [-0.25, -0.2) is 8.42 Å². The molecule has 9 heteroatoms. The van der Waals surface area contributed by atoms with Gasteiger partial charge in [0.25, 0.3) is 0 Å². The van der Waals surface area contributed by atoms with E-state index in [1.165, 1.54) is 16.4 Å². The summed E-state index contributed by atoms with van der Waals surface area (Å²) >= 11 is 3.45. The topological polar surface area (TPSA) is 87.7 Å². The zero-order valence-electron chi connectivity index (χ0n) is 16.3. The van der Waals surface area contributed by atoms with Crippen LogP contribution in [0, 0.1) is 6.92 Å². The van der Waals surface area contributed by atoms with Gasteiger partial charge in [-0.2, -0.15) is 4.31 Å². The summed E-state index contributed by atoms with van der Waals surface area (Å²) in [5.74, 6) is -0.258. The number of nitrogens with one attached hydrogen (secondary N) is 2. The van der Waals surface area contributed by atoms with E-state index in [4.69, 9.17) is 4.74 Å². The Balaban J connectivity index is 1.68. The van der Waals surface area contributed by atoms with Crippen LogP contribution in [-0.4, -0.2) is 51.0 Å². The Bertz CT molecular complexity index is 991. The molecule has 0 aliphatic carbocycles. The predicted molar refractivity (Wildman–Crippen MR) is 117 cm³/mol. The van der Waals surface area contributed by atoms with Gasteiger partial charge in [-0.15, -0.1) is 0 Å². The van der Waals surface area contributed by atoms with Gasteiger partial charge in [0.2, 0.25) is 15.9 Å². The molecule has 7 nitrogen and oxygen atoms in total. The number of hydrogen-bond acceptors (Lipinski definition) is 5. The number of nitrogens with zero attached hydrogens (tertiary/aromatic N) is 1. The average molecular weight is 482 g/mol. The molecule has 3 rings (SSSR count). The lowest BCUT2D eigenvalue weighted by atomic mass is 10.2. The third kappa shape index (κ3) is 5.36. The summed E-state index contributed by atoms with van der Waals surface area (Å²) < 4.78 is 33.2. The summed E-state index contributed by atoms with van der Waals surface area (Å²) in [7, 11) is -3.62. The van der Waals surface area contributed by atoms with E-state index in [-0.39, 0.29) is 10.8 Å². The molecule has 2 N–H and O–H groups in total. The summed E-state index contributed by atoms with van der Waals surface area (Å²) in [6.45, 7) is 5.14. The number of carbonyl (C=O) groups is 1. The Kier molecular flexibility index (Phi) is 6.94. The minimum absolute atomic E-state index is 0.154. The normalized spacial score (nSPS) is 16.2. The molecule has 0 spiro atoms. The lowest BCUT2D eigenvalue weighted by molar-refractivity contribution is -0.116. The fraction of sp³-hybridized carbons (Fsp3) is 0.350. The fourth-order valence-corrected chi connectivity index (χ4v) is 4.67. The number of sulfonamides is 1. The molecule has 0 radical (unpaired) electrons. The van der Waals surface area contributed by atoms with Crippen LogP contribution in [0.1, 0.15) is 12.5 Å². The van der Waals surface area contributed by atoms with Crippen molar-refractivity contribution in [3.05, 3.63) is 52.5 Å². The number of morpholine rings is 1. The quantitative estimate of drug-likeness (QED) is 0.661. The molecule has 1 heterocycles. The number of rotatable bonds is 6. The number of aryl methyl sites for hydroxylation is 1. The van der Waals surface area contributed by atoms with Crippen molar-refractivity contribution in [1.29, 1.82) is 0 Å². The van der Waals surface area contributed by atoms with E-state index in [0.29, 0.717) is 32.0 Å². The lowest BCUT2D eigenvalue weighted by Crippen LogP contribution is -2.40. The van der Waals surface area contributed by atoms with Crippen molar-refractivity contribution in [1.82, 2.24) is 4.31 Å². The van der Waals surface area contributed by atoms with Crippen LogP contribution in [0.15, 0.2) is 51.8 Å². The van der Waals surface area contributed by atoms with Crippen LogP contribution in [0.25, 0.3) is 0 Å². The number of benzene rings is 2. The largest absolute Gasteiger partial charge is 0.379 e. The molecule has 1 aliphatic heterocycles. The van der Waals surface area contributed by atoms with Gasteiger partial charge in [-0.05, 0) is 55.8 Å². The molecule has 156 valence electrons. The molecular formula is C20H24BrN3O4S. The van der Waals surface area contributed by atoms with Crippen molar-refractivity contribution < 1.29 is 17.9 Å². The molecule has 2 aromatic carbocycles. The fourth-order valence-electron chi connectivity index (χ4n) is 2.97. The van der Waals surface area contributed by atoms with Gasteiger partial charge in [0.05, 0.1) is 18.1 Å². The van der Waals surface area contributed by atoms with Gasteiger partial charge in [0.15, 0.2) is 0 Å². The van der Waals surface area contributed by atoms with E-state index in [2.05, 4.69) is 26.6 Å². The van der Waals surface area contributed by atoms with E-state index in [0.717, 1.165) is 15.7 Å². The number of hydrogen-bond donors (Lipinski definition) is 2. The SMILES string of the molecule is Cc1cc(N[C@H](C)C(=O)Nc2cccc(S(=O)(=O)N3CCOCC3)c2)ccc1Br. The average Bonchev–Trinajstić information content (AvgIpc) is 2.71. The van der Waals surface area contributed by atoms with Crippen LogP contribution < -0.4 is 10.6 Å². The van der Waals surface area contributed by atoms with E-state index in [1.54, 1.807) is 19.1 Å². The summed E-state index contributed by atoms with van der Waals surface area (Å²) in [5, 5.41) is 5.94. The van der Waals surface area contributed by atoms with E-state index < -0.39 is 16.1 Å². The van der Waals surface area contributed by atoms with Crippen molar-refractivity contribution in [2.45, 2.75) is 24.8 Å². The van der Waals surface area contributed by atoms with Gasteiger partial charge >= 0.3 is 0 Å². The molecule has 1 aliphatic rings. The van der Waals surface area contributed by atoms with Crippen LogP contribution in [0.4, 0.5) is 11.4 Å².